The number of likely N-dealkylation sites (N-methyl/N-ethyl adjacent to an activating group) is 1. The minimum absolute atomic E-state index is 0.0579. The highest BCUT2D eigenvalue weighted by Gasteiger charge is 2.28. The molecule has 1 saturated heterocycles. The van der Waals surface area contributed by atoms with Crippen molar-refractivity contribution in [3.8, 4) is 5.75 Å². The van der Waals surface area contributed by atoms with Crippen LogP contribution in [-0.2, 0) is 0 Å². The number of benzene rings is 1. The van der Waals surface area contributed by atoms with E-state index >= 15 is 0 Å². The van der Waals surface area contributed by atoms with Crippen LogP contribution in [0.15, 0.2) is 18.2 Å². The summed E-state index contributed by atoms with van der Waals surface area (Å²) in [6, 6.07) is 5.46. The molecule has 104 valence electrons. The van der Waals surface area contributed by atoms with Crippen LogP contribution in [0.1, 0.15) is 35.2 Å². The van der Waals surface area contributed by atoms with Crippen molar-refractivity contribution in [2.45, 2.75) is 32.2 Å². The predicted molar refractivity (Wildman–Crippen MR) is 75.4 cm³/mol. The largest absolute Gasteiger partial charge is 0.507 e. The Hall–Kier alpha value is -1.55. The van der Waals surface area contributed by atoms with Crippen molar-refractivity contribution in [3.05, 3.63) is 29.3 Å². The Labute approximate surface area is 114 Å². The normalized spacial score (nSPS) is 19.5. The van der Waals surface area contributed by atoms with Gasteiger partial charge in [-0.2, -0.15) is 0 Å². The molecule has 0 radical (unpaired) electrons. The van der Waals surface area contributed by atoms with Gasteiger partial charge in [0.1, 0.15) is 5.75 Å². The number of nitrogens with zero attached hydrogens (tertiary/aromatic N) is 1. The zero-order valence-corrected chi connectivity index (χ0v) is 11.6. The van der Waals surface area contributed by atoms with Crippen molar-refractivity contribution >= 4 is 5.91 Å². The Bertz CT molecular complexity index is 457. The number of hydrogen-bond acceptors (Lipinski definition) is 3. The smallest absolute Gasteiger partial charge is 0.257 e. The maximum atomic E-state index is 12.6. The first kappa shape index (κ1) is 13.9. The summed E-state index contributed by atoms with van der Waals surface area (Å²) < 4.78 is 0. The molecule has 1 unspecified atom stereocenters. The fourth-order valence-corrected chi connectivity index (χ4v) is 2.69. The van der Waals surface area contributed by atoms with Crippen molar-refractivity contribution in [1.82, 2.24) is 10.2 Å². The van der Waals surface area contributed by atoms with E-state index in [2.05, 4.69) is 5.32 Å². The molecule has 1 atom stereocenters. The topological polar surface area (TPSA) is 52.6 Å². The molecule has 19 heavy (non-hydrogen) atoms. The standard InChI is InChI=1S/C15H22N2O2/c1-11-6-7-13(14(18)9-11)15(19)17-8-4-3-5-12(17)10-16-2/h6-7,9,12,16,18H,3-5,8,10H2,1-2H3. The number of carbonyl (C=O) groups excluding carboxylic acids is 1. The van der Waals surface area contributed by atoms with Gasteiger partial charge in [0.15, 0.2) is 0 Å². The fraction of sp³-hybridized carbons (Fsp3) is 0.533. The number of rotatable bonds is 3. The van der Waals surface area contributed by atoms with Crippen LogP contribution < -0.4 is 5.32 Å². The predicted octanol–water partition coefficient (Wildman–Crippen LogP) is 1.91. The zero-order valence-electron chi connectivity index (χ0n) is 11.6. The van der Waals surface area contributed by atoms with Crippen molar-refractivity contribution < 1.29 is 9.90 Å². The van der Waals surface area contributed by atoms with E-state index in [0.29, 0.717) is 5.56 Å². The molecule has 1 fully saturated rings. The number of carbonyl (C=O) groups is 1. The van der Waals surface area contributed by atoms with Gasteiger partial charge in [0.25, 0.3) is 5.91 Å². The van der Waals surface area contributed by atoms with Crippen LogP contribution in [0.5, 0.6) is 5.75 Å². The summed E-state index contributed by atoms with van der Waals surface area (Å²) in [5.41, 5.74) is 1.37. The minimum atomic E-state index is -0.0579. The molecule has 0 aromatic heterocycles. The second-order valence-corrected chi connectivity index (χ2v) is 5.23. The van der Waals surface area contributed by atoms with Gasteiger partial charge in [-0.25, -0.2) is 0 Å². The number of piperidine rings is 1. The molecule has 1 aliphatic heterocycles. The van der Waals surface area contributed by atoms with E-state index in [1.54, 1.807) is 12.1 Å². The lowest BCUT2D eigenvalue weighted by Gasteiger charge is -2.36. The first-order valence-electron chi connectivity index (χ1n) is 6.88. The molecule has 0 spiro atoms. The molecular weight excluding hydrogens is 240 g/mol. The summed E-state index contributed by atoms with van der Waals surface area (Å²) >= 11 is 0. The van der Waals surface area contributed by atoms with E-state index in [1.165, 1.54) is 0 Å². The van der Waals surface area contributed by atoms with Gasteiger partial charge in [-0.3, -0.25) is 4.79 Å². The van der Waals surface area contributed by atoms with E-state index in [0.717, 1.165) is 37.9 Å². The number of phenols is 1. The number of hydrogen-bond donors (Lipinski definition) is 2. The van der Waals surface area contributed by atoms with Gasteiger partial charge in [0.2, 0.25) is 0 Å². The molecular formula is C15H22N2O2. The fourth-order valence-electron chi connectivity index (χ4n) is 2.69. The van der Waals surface area contributed by atoms with Gasteiger partial charge >= 0.3 is 0 Å². The zero-order chi connectivity index (χ0) is 13.8. The van der Waals surface area contributed by atoms with Crippen LogP contribution >= 0.6 is 0 Å². The Morgan fingerprint density at radius 3 is 2.95 bits per heavy atom. The molecule has 4 heteroatoms. The summed E-state index contributed by atoms with van der Waals surface area (Å²) in [7, 11) is 1.90. The van der Waals surface area contributed by atoms with Gasteiger partial charge in [-0.1, -0.05) is 6.07 Å². The number of nitrogens with one attached hydrogen (secondary N) is 1. The molecule has 0 aliphatic carbocycles. The third kappa shape index (κ3) is 3.07. The lowest BCUT2D eigenvalue weighted by molar-refractivity contribution is 0.0612. The summed E-state index contributed by atoms with van der Waals surface area (Å²) in [6.07, 6.45) is 3.23. The second kappa shape index (κ2) is 6.06. The highest BCUT2D eigenvalue weighted by atomic mass is 16.3. The van der Waals surface area contributed by atoms with Crippen molar-refractivity contribution in [2.75, 3.05) is 20.1 Å². The lowest BCUT2D eigenvalue weighted by atomic mass is 10.00. The highest BCUT2D eigenvalue weighted by molar-refractivity contribution is 5.97. The molecule has 0 saturated carbocycles. The Balaban J connectivity index is 2.21. The molecule has 4 nitrogen and oxygen atoms in total. The van der Waals surface area contributed by atoms with E-state index in [1.807, 2.05) is 24.9 Å². The molecule has 1 aromatic rings. The average Bonchev–Trinajstić information content (AvgIpc) is 2.39. The Morgan fingerprint density at radius 1 is 1.47 bits per heavy atom. The molecule has 2 N–H and O–H groups in total. The third-order valence-corrected chi connectivity index (χ3v) is 3.71. The quantitative estimate of drug-likeness (QED) is 0.875. The van der Waals surface area contributed by atoms with Gasteiger partial charge in [-0.15, -0.1) is 0 Å². The number of aromatic hydroxyl groups is 1. The van der Waals surface area contributed by atoms with Crippen LogP contribution in [0.25, 0.3) is 0 Å². The Kier molecular flexibility index (Phi) is 4.43. The highest BCUT2D eigenvalue weighted by Crippen LogP contribution is 2.24. The lowest BCUT2D eigenvalue weighted by Crippen LogP contribution is -2.48. The van der Waals surface area contributed by atoms with Gasteiger partial charge in [0, 0.05) is 19.1 Å². The van der Waals surface area contributed by atoms with Crippen LogP contribution in [-0.4, -0.2) is 42.1 Å². The average molecular weight is 262 g/mol. The second-order valence-electron chi connectivity index (χ2n) is 5.23. The summed E-state index contributed by atoms with van der Waals surface area (Å²) in [5, 5.41) is 13.1. The minimum Gasteiger partial charge on any atom is -0.507 e. The molecule has 1 aliphatic rings. The van der Waals surface area contributed by atoms with Gasteiger partial charge in [-0.05, 0) is 50.9 Å². The van der Waals surface area contributed by atoms with Crippen molar-refractivity contribution in [3.63, 3.8) is 0 Å². The summed E-state index contributed by atoms with van der Waals surface area (Å²) in [4.78, 5) is 14.4. The molecule has 1 amide bonds. The summed E-state index contributed by atoms with van der Waals surface area (Å²) in [5.74, 6) is 0.0243. The number of phenolic OH excluding ortho intramolecular Hbond substituents is 1. The number of likely N-dealkylation sites (tertiary alicyclic amines) is 1. The third-order valence-electron chi connectivity index (χ3n) is 3.71. The van der Waals surface area contributed by atoms with Gasteiger partial charge < -0.3 is 15.3 Å². The maximum absolute atomic E-state index is 12.6. The molecule has 1 heterocycles. The first-order chi connectivity index (χ1) is 9.13. The van der Waals surface area contributed by atoms with E-state index in [-0.39, 0.29) is 17.7 Å². The van der Waals surface area contributed by atoms with Crippen LogP contribution in [0.3, 0.4) is 0 Å². The molecule has 2 rings (SSSR count). The van der Waals surface area contributed by atoms with Crippen molar-refractivity contribution in [2.24, 2.45) is 0 Å². The summed E-state index contributed by atoms with van der Waals surface area (Å²) in [6.45, 7) is 3.48. The maximum Gasteiger partial charge on any atom is 0.257 e. The van der Waals surface area contributed by atoms with Crippen molar-refractivity contribution in [1.29, 1.82) is 0 Å². The Morgan fingerprint density at radius 2 is 2.26 bits per heavy atom. The van der Waals surface area contributed by atoms with E-state index in [4.69, 9.17) is 0 Å². The van der Waals surface area contributed by atoms with Gasteiger partial charge in [0.05, 0.1) is 5.56 Å². The number of amides is 1. The van der Waals surface area contributed by atoms with E-state index < -0.39 is 0 Å². The first-order valence-corrected chi connectivity index (χ1v) is 6.88. The van der Waals surface area contributed by atoms with Crippen LogP contribution in [0.2, 0.25) is 0 Å². The number of aryl methyl sites for hydroxylation is 1. The van der Waals surface area contributed by atoms with Crippen LogP contribution in [0, 0.1) is 6.92 Å². The van der Waals surface area contributed by atoms with E-state index in [9.17, 15) is 9.90 Å². The van der Waals surface area contributed by atoms with Crippen LogP contribution in [0.4, 0.5) is 0 Å². The monoisotopic (exact) mass is 262 g/mol. The molecule has 0 bridgehead atoms. The molecule has 1 aromatic carbocycles. The SMILES string of the molecule is CNCC1CCCCN1C(=O)c1ccc(C)cc1O.